The lowest BCUT2D eigenvalue weighted by Gasteiger charge is -2.08. The van der Waals surface area contributed by atoms with Crippen LogP contribution < -0.4 is 0 Å². The molecule has 0 saturated carbocycles. The second kappa shape index (κ2) is 5.54. The second-order valence-electron chi connectivity index (χ2n) is 4.19. The molecule has 0 spiro atoms. The minimum Gasteiger partial charge on any atom is -0.501 e. The van der Waals surface area contributed by atoms with Gasteiger partial charge in [0.15, 0.2) is 0 Å². The molecule has 0 saturated heterocycles. The fraction of sp³-hybridized carbons (Fsp3) is 0.267. The van der Waals surface area contributed by atoms with Gasteiger partial charge in [0.25, 0.3) is 0 Å². The zero-order valence-corrected chi connectivity index (χ0v) is 10.9. The van der Waals surface area contributed by atoms with Crippen LogP contribution >= 0.6 is 0 Å². The fourth-order valence-corrected chi connectivity index (χ4v) is 1.92. The molecule has 2 aromatic rings. The molecular weight excluding hydrogens is 226 g/mol. The first-order chi connectivity index (χ1) is 8.72. The smallest absolute Gasteiger partial charge is 0.131 e. The van der Waals surface area contributed by atoms with E-state index in [1.165, 1.54) is 11.1 Å². The molecule has 94 valence electrons. The predicted octanol–water partition coefficient (Wildman–Crippen LogP) is 3.97. The maximum Gasteiger partial charge on any atom is 0.131 e. The van der Waals surface area contributed by atoms with Gasteiger partial charge in [-0.25, -0.2) is 0 Å². The molecule has 1 aromatic heterocycles. The second-order valence-corrected chi connectivity index (χ2v) is 4.19. The van der Waals surface area contributed by atoms with Crippen molar-refractivity contribution in [1.82, 2.24) is 5.16 Å². The van der Waals surface area contributed by atoms with Gasteiger partial charge in [0, 0.05) is 5.56 Å². The number of benzene rings is 1. The van der Waals surface area contributed by atoms with Crippen molar-refractivity contribution in [2.75, 3.05) is 6.61 Å². The molecule has 0 unspecified atom stereocenters. The van der Waals surface area contributed by atoms with Crippen molar-refractivity contribution >= 4 is 6.08 Å². The monoisotopic (exact) mass is 243 g/mol. The summed E-state index contributed by atoms with van der Waals surface area (Å²) in [7, 11) is 0. The first-order valence-electron chi connectivity index (χ1n) is 6.01. The Balaban J connectivity index is 2.40. The van der Waals surface area contributed by atoms with Crippen LogP contribution in [0.5, 0.6) is 0 Å². The zero-order valence-electron chi connectivity index (χ0n) is 10.9. The van der Waals surface area contributed by atoms with E-state index in [4.69, 9.17) is 9.26 Å². The fourth-order valence-electron chi connectivity index (χ4n) is 1.92. The molecule has 3 heteroatoms. The molecule has 0 fully saturated rings. The van der Waals surface area contributed by atoms with E-state index in [1.54, 1.807) is 18.7 Å². The SMILES string of the molecule is CCO/C=C/c1cc(-c2cnoc2)c(C)cc1C. The van der Waals surface area contributed by atoms with Crippen LogP contribution in [0.4, 0.5) is 0 Å². The van der Waals surface area contributed by atoms with Gasteiger partial charge < -0.3 is 9.26 Å². The van der Waals surface area contributed by atoms with Crippen LogP contribution in [-0.4, -0.2) is 11.8 Å². The highest BCUT2D eigenvalue weighted by molar-refractivity contribution is 5.70. The number of rotatable bonds is 4. The van der Waals surface area contributed by atoms with Crippen LogP contribution in [0.2, 0.25) is 0 Å². The van der Waals surface area contributed by atoms with Crippen LogP contribution in [0, 0.1) is 13.8 Å². The molecule has 0 radical (unpaired) electrons. The molecule has 0 aliphatic heterocycles. The molecule has 0 bridgehead atoms. The summed E-state index contributed by atoms with van der Waals surface area (Å²) in [5.74, 6) is 0. The Morgan fingerprint density at radius 1 is 1.28 bits per heavy atom. The minimum atomic E-state index is 0.680. The van der Waals surface area contributed by atoms with Gasteiger partial charge >= 0.3 is 0 Å². The summed E-state index contributed by atoms with van der Waals surface area (Å²) >= 11 is 0. The highest BCUT2D eigenvalue weighted by Gasteiger charge is 2.07. The summed E-state index contributed by atoms with van der Waals surface area (Å²) in [5.41, 5.74) is 5.72. The number of aromatic nitrogens is 1. The van der Waals surface area contributed by atoms with E-state index in [-0.39, 0.29) is 0 Å². The average molecular weight is 243 g/mol. The molecule has 2 rings (SSSR count). The first-order valence-corrected chi connectivity index (χ1v) is 6.01. The maximum absolute atomic E-state index is 5.24. The van der Waals surface area contributed by atoms with Gasteiger partial charge in [-0.05, 0) is 55.2 Å². The average Bonchev–Trinajstić information content (AvgIpc) is 2.85. The third-order valence-electron chi connectivity index (χ3n) is 2.87. The number of ether oxygens (including phenoxy) is 1. The number of hydrogen-bond donors (Lipinski definition) is 0. The number of aryl methyl sites for hydroxylation is 2. The lowest BCUT2D eigenvalue weighted by Crippen LogP contribution is -1.88. The summed E-state index contributed by atoms with van der Waals surface area (Å²) in [4.78, 5) is 0. The Morgan fingerprint density at radius 2 is 2.11 bits per heavy atom. The zero-order chi connectivity index (χ0) is 13.0. The molecule has 1 heterocycles. The molecule has 0 aliphatic rings. The van der Waals surface area contributed by atoms with Crippen molar-refractivity contribution < 1.29 is 9.26 Å². The Hall–Kier alpha value is -2.03. The van der Waals surface area contributed by atoms with Crippen molar-refractivity contribution in [3.8, 4) is 11.1 Å². The summed E-state index contributed by atoms with van der Waals surface area (Å²) < 4.78 is 10.1. The van der Waals surface area contributed by atoms with Crippen molar-refractivity contribution in [2.24, 2.45) is 0 Å². The quantitative estimate of drug-likeness (QED) is 0.762. The van der Waals surface area contributed by atoms with Crippen molar-refractivity contribution in [1.29, 1.82) is 0 Å². The van der Waals surface area contributed by atoms with E-state index < -0.39 is 0 Å². The topological polar surface area (TPSA) is 35.3 Å². The molecule has 1 aromatic carbocycles. The van der Waals surface area contributed by atoms with Crippen LogP contribution in [0.25, 0.3) is 17.2 Å². The minimum absolute atomic E-state index is 0.680. The van der Waals surface area contributed by atoms with Crippen molar-refractivity contribution in [2.45, 2.75) is 20.8 Å². The Morgan fingerprint density at radius 3 is 2.78 bits per heavy atom. The van der Waals surface area contributed by atoms with Crippen LogP contribution in [0.1, 0.15) is 23.6 Å². The maximum atomic E-state index is 5.24. The summed E-state index contributed by atoms with van der Waals surface area (Å²) in [6, 6.07) is 4.29. The lowest BCUT2D eigenvalue weighted by molar-refractivity contribution is 0.272. The molecule has 18 heavy (non-hydrogen) atoms. The van der Waals surface area contributed by atoms with E-state index in [0.717, 1.165) is 16.7 Å². The summed E-state index contributed by atoms with van der Waals surface area (Å²) in [5, 5.41) is 3.75. The van der Waals surface area contributed by atoms with Gasteiger partial charge in [0.05, 0.1) is 19.1 Å². The number of hydrogen-bond acceptors (Lipinski definition) is 3. The molecule has 0 amide bonds. The van der Waals surface area contributed by atoms with E-state index in [1.807, 2.05) is 13.0 Å². The van der Waals surface area contributed by atoms with Crippen molar-refractivity contribution in [3.05, 3.63) is 47.5 Å². The van der Waals surface area contributed by atoms with Gasteiger partial charge in [-0.1, -0.05) is 11.2 Å². The Bertz CT molecular complexity index is 542. The summed E-state index contributed by atoms with van der Waals surface area (Å²) in [6.45, 7) is 6.83. The molecular formula is C15H17NO2. The van der Waals surface area contributed by atoms with Crippen LogP contribution in [0.3, 0.4) is 0 Å². The van der Waals surface area contributed by atoms with E-state index in [2.05, 4.69) is 31.1 Å². The third kappa shape index (κ3) is 2.62. The molecule has 0 N–H and O–H groups in total. The van der Waals surface area contributed by atoms with Crippen LogP contribution in [0.15, 0.2) is 35.4 Å². The van der Waals surface area contributed by atoms with Gasteiger partial charge in [-0.15, -0.1) is 0 Å². The van der Waals surface area contributed by atoms with E-state index in [0.29, 0.717) is 6.61 Å². The highest BCUT2D eigenvalue weighted by Crippen LogP contribution is 2.26. The van der Waals surface area contributed by atoms with Gasteiger partial charge in [0.2, 0.25) is 0 Å². The standard InChI is InChI=1S/C15H17NO2/c1-4-17-6-5-13-8-15(12(3)7-11(13)2)14-9-16-18-10-14/h5-10H,4H2,1-3H3/b6-5+. The normalized spacial score (nSPS) is 11.1. The predicted molar refractivity (Wildman–Crippen MR) is 72.1 cm³/mol. The molecule has 0 atom stereocenters. The van der Waals surface area contributed by atoms with Crippen LogP contribution in [-0.2, 0) is 4.74 Å². The van der Waals surface area contributed by atoms with E-state index >= 15 is 0 Å². The first kappa shape index (κ1) is 12.4. The number of nitrogens with zero attached hydrogens (tertiary/aromatic N) is 1. The van der Waals surface area contributed by atoms with Gasteiger partial charge in [-0.2, -0.15) is 0 Å². The highest BCUT2D eigenvalue weighted by atomic mass is 16.5. The van der Waals surface area contributed by atoms with Gasteiger partial charge in [-0.3, -0.25) is 0 Å². The van der Waals surface area contributed by atoms with Gasteiger partial charge in [0.1, 0.15) is 6.26 Å². The largest absolute Gasteiger partial charge is 0.501 e. The van der Waals surface area contributed by atoms with E-state index in [9.17, 15) is 0 Å². The Labute approximate surface area is 107 Å². The third-order valence-corrected chi connectivity index (χ3v) is 2.87. The Kier molecular flexibility index (Phi) is 3.82. The van der Waals surface area contributed by atoms with Crippen molar-refractivity contribution in [3.63, 3.8) is 0 Å². The molecule has 3 nitrogen and oxygen atoms in total. The lowest BCUT2D eigenvalue weighted by atomic mass is 9.97. The molecule has 0 aliphatic carbocycles. The summed E-state index contributed by atoms with van der Waals surface area (Å²) in [6.07, 6.45) is 7.10.